The number of pyridine rings is 1. The van der Waals surface area contributed by atoms with Gasteiger partial charge in [-0.2, -0.15) is 5.26 Å². The molecule has 0 bridgehead atoms. The van der Waals surface area contributed by atoms with E-state index >= 15 is 0 Å². The van der Waals surface area contributed by atoms with E-state index in [9.17, 15) is 14.9 Å². The van der Waals surface area contributed by atoms with Gasteiger partial charge < -0.3 is 14.6 Å². The Balaban J connectivity index is 1.78. The average molecular weight is 357 g/mol. The zero-order chi connectivity index (χ0) is 17.8. The number of hydrogen-bond donors (Lipinski definition) is 1. The van der Waals surface area contributed by atoms with E-state index in [4.69, 9.17) is 4.74 Å². The van der Waals surface area contributed by atoms with Crippen LogP contribution in [0.4, 0.5) is 5.00 Å². The number of thiophene rings is 1. The second-order valence-electron chi connectivity index (χ2n) is 5.81. The smallest absolute Gasteiger partial charge is 0.293 e. The molecular formula is C18H19N3O3S. The van der Waals surface area contributed by atoms with E-state index in [1.807, 2.05) is 0 Å². The van der Waals surface area contributed by atoms with Gasteiger partial charge in [-0.05, 0) is 50.3 Å². The summed E-state index contributed by atoms with van der Waals surface area (Å²) in [5, 5.41) is 12.8. The maximum atomic E-state index is 12.4. The molecule has 0 saturated heterocycles. The molecule has 3 rings (SSSR count). The summed E-state index contributed by atoms with van der Waals surface area (Å²) in [6.07, 6.45) is 5.59. The molecule has 0 aliphatic heterocycles. The van der Waals surface area contributed by atoms with Crippen molar-refractivity contribution in [2.75, 3.05) is 11.9 Å². The molecule has 0 spiro atoms. The number of anilines is 1. The van der Waals surface area contributed by atoms with Crippen LogP contribution in [0.5, 0.6) is 5.75 Å². The van der Waals surface area contributed by atoms with Crippen LogP contribution in [0.3, 0.4) is 0 Å². The molecule has 2 aromatic rings. The number of nitrogens with one attached hydrogen (secondary N) is 1. The Hall–Kier alpha value is -2.59. The summed E-state index contributed by atoms with van der Waals surface area (Å²) in [6, 6.07) is 5.47. The minimum absolute atomic E-state index is 0.118. The van der Waals surface area contributed by atoms with Gasteiger partial charge in [-0.25, -0.2) is 0 Å². The van der Waals surface area contributed by atoms with Crippen LogP contribution in [0.25, 0.3) is 0 Å². The van der Waals surface area contributed by atoms with E-state index in [0.29, 0.717) is 17.2 Å². The lowest BCUT2D eigenvalue weighted by Gasteiger charge is -2.09. The number of aromatic nitrogens is 1. The largest absolute Gasteiger partial charge is 0.488 e. The lowest BCUT2D eigenvalue weighted by atomic mass is 9.96. The van der Waals surface area contributed by atoms with Crippen LogP contribution in [-0.4, -0.2) is 17.1 Å². The van der Waals surface area contributed by atoms with E-state index in [2.05, 4.69) is 11.4 Å². The number of hydrogen-bond acceptors (Lipinski definition) is 5. The van der Waals surface area contributed by atoms with E-state index < -0.39 is 0 Å². The third kappa shape index (κ3) is 3.59. The van der Waals surface area contributed by atoms with E-state index in [1.54, 1.807) is 25.3 Å². The molecule has 130 valence electrons. The molecule has 0 fully saturated rings. The van der Waals surface area contributed by atoms with Crippen molar-refractivity contribution in [3.63, 3.8) is 0 Å². The minimum Gasteiger partial charge on any atom is -0.488 e. The number of ether oxygens (including phenoxy) is 1. The number of amides is 1. The summed E-state index contributed by atoms with van der Waals surface area (Å²) in [4.78, 5) is 25.8. The highest BCUT2D eigenvalue weighted by Gasteiger charge is 2.22. The first kappa shape index (κ1) is 17.2. The molecule has 25 heavy (non-hydrogen) atoms. The fraction of sp³-hybridized carbons (Fsp3) is 0.389. The third-order valence-corrected chi connectivity index (χ3v) is 5.34. The molecule has 2 aromatic heterocycles. The highest BCUT2D eigenvalue weighted by Crippen LogP contribution is 2.37. The zero-order valence-electron chi connectivity index (χ0n) is 14.0. The van der Waals surface area contributed by atoms with E-state index in [-0.39, 0.29) is 23.8 Å². The van der Waals surface area contributed by atoms with Gasteiger partial charge in [0.2, 0.25) is 5.91 Å². The highest BCUT2D eigenvalue weighted by atomic mass is 32.1. The SMILES string of the molecule is CCOc1cccn(CC(=O)Nc2sc3c(c2C#N)CCCC3)c1=O. The first-order valence-electron chi connectivity index (χ1n) is 8.30. The summed E-state index contributed by atoms with van der Waals surface area (Å²) in [6.45, 7) is 2.07. The van der Waals surface area contributed by atoms with Gasteiger partial charge >= 0.3 is 0 Å². The van der Waals surface area contributed by atoms with Gasteiger partial charge in [-0.15, -0.1) is 11.3 Å². The monoisotopic (exact) mass is 357 g/mol. The van der Waals surface area contributed by atoms with Crippen molar-refractivity contribution in [3.05, 3.63) is 44.7 Å². The minimum atomic E-state index is -0.342. The van der Waals surface area contributed by atoms with Crippen molar-refractivity contribution in [1.29, 1.82) is 5.26 Å². The molecule has 0 radical (unpaired) electrons. The summed E-state index contributed by atoms with van der Waals surface area (Å²) in [5.74, 6) is -0.104. The number of carbonyl (C=O) groups excluding carboxylic acids is 1. The van der Waals surface area contributed by atoms with Crippen molar-refractivity contribution < 1.29 is 9.53 Å². The van der Waals surface area contributed by atoms with Gasteiger partial charge in [0.1, 0.15) is 17.6 Å². The molecule has 1 amide bonds. The third-order valence-electron chi connectivity index (χ3n) is 4.14. The van der Waals surface area contributed by atoms with Gasteiger partial charge in [0.05, 0.1) is 12.2 Å². The summed E-state index contributed by atoms with van der Waals surface area (Å²) >= 11 is 1.47. The highest BCUT2D eigenvalue weighted by molar-refractivity contribution is 7.16. The van der Waals surface area contributed by atoms with Crippen LogP contribution in [-0.2, 0) is 24.2 Å². The molecule has 2 heterocycles. The Kier molecular flexibility index (Phi) is 5.19. The molecule has 0 saturated carbocycles. The molecule has 0 aromatic carbocycles. The van der Waals surface area contributed by atoms with Crippen LogP contribution < -0.4 is 15.6 Å². The van der Waals surface area contributed by atoms with Crippen LogP contribution >= 0.6 is 11.3 Å². The predicted octanol–water partition coefficient (Wildman–Crippen LogP) is 2.70. The van der Waals surface area contributed by atoms with Gasteiger partial charge in [-0.3, -0.25) is 9.59 Å². The molecule has 7 heteroatoms. The number of fused-ring (bicyclic) bond motifs is 1. The quantitative estimate of drug-likeness (QED) is 0.892. The van der Waals surface area contributed by atoms with Crippen molar-refractivity contribution in [3.8, 4) is 11.8 Å². The molecule has 1 N–H and O–H groups in total. The number of carbonyl (C=O) groups is 1. The predicted molar refractivity (Wildman–Crippen MR) is 96.2 cm³/mol. The Morgan fingerprint density at radius 3 is 3.00 bits per heavy atom. The molecule has 1 aliphatic carbocycles. The van der Waals surface area contributed by atoms with E-state index in [0.717, 1.165) is 31.2 Å². The summed E-state index contributed by atoms with van der Waals surface area (Å²) < 4.78 is 6.57. The summed E-state index contributed by atoms with van der Waals surface area (Å²) in [5.41, 5.74) is 1.30. The van der Waals surface area contributed by atoms with Crippen molar-refractivity contribution >= 4 is 22.2 Å². The van der Waals surface area contributed by atoms with E-state index in [1.165, 1.54) is 20.8 Å². The maximum Gasteiger partial charge on any atom is 0.293 e. The fourth-order valence-corrected chi connectivity index (χ4v) is 4.25. The second kappa shape index (κ2) is 7.53. The lowest BCUT2D eigenvalue weighted by Crippen LogP contribution is -2.28. The Morgan fingerprint density at radius 2 is 2.24 bits per heavy atom. The van der Waals surface area contributed by atoms with Crippen molar-refractivity contribution in [1.82, 2.24) is 4.57 Å². The number of nitriles is 1. The molecular weight excluding hydrogens is 338 g/mol. The second-order valence-corrected chi connectivity index (χ2v) is 6.92. The number of nitrogens with zero attached hydrogens (tertiary/aromatic N) is 2. The van der Waals surface area contributed by atoms with Crippen LogP contribution in [0.1, 0.15) is 35.8 Å². The van der Waals surface area contributed by atoms with Crippen molar-refractivity contribution in [2.45, 2.75) is 39.2 Å². The van der Waals surface area contributed by atoms with Crippen LogP contribution in [0.2, 0.25) is 0 Å². The number of aryl methyl sites for hydroxylation is 1. The standard InChI is InChI=1S/C18H19N3O3S/c1-2-24-14-7-5-9-21(18(14)23)11-16(22)20-17-13(10-19)12-6-3-4-8-15(12)25-17/h5,7,9H,2-4,6,8,11H2,1H3,(H,20,22). The van der Waals surface area contributed by atoms with Gasteiger partial charge in [0.15, 0.2) is 5.75 Å². The van der Waals surface area contributed by atoms with Crippen LogP contribution in [0, 0.1) is 11.3 Å². The molecule has 0 unspecified atom stereocenters. The maximum absolute atomic E-state index is 12.4. The molecule has 1 aliphatic rings. The van der Waals surface area contributed by atoms with Gasteiger partial charge in [0.25, 0.3) is 5.56 Å². The first-order valence-corrected chi connectivity index (χ1v) is 9.12. The zero-order valence-corrected chi connectivity index (χ0v) is 14.8. The Labute approximate surface area is 149 Å². The number of rotatable bonds is 5. The fourth-order valence-electron chi connectivity index (χ4n) is 3.00. The van der Waals surface area contributed by atoms with Crippen molar-refractivity contribution in [2.24, 2.45) is 0 Å². The summed E-state index contributed by atoms with van der Waals surface area (Å²) in [7, 11) is 0. The van der Waals surface area contributed by atoms with Gasteiger partial charge in [-0.1, -0.05) is 0 Å². The van der Waals surface area contributed by atoms with Crippen LogP contribution in [0.15, 0.2) is 23.1 Å². The molecule has 6 nitrogen and oxygen atoms in total. The molecule has 0 atom stereocenters. The normalized spacial score (nSPS) is 13.0. The Bertz CT molecular complexity index is 892. The average Bonchev–Trinajstić information content (AvgIpc) is 2.95. The van der Waals surface area contributed by atoms with Gasteiger partial charge in [0, 0.05) is 11.1 Å². The Morgan fingerprint density at radius 1 is 1.44 bits per heavy atom. The first-order chi connectivity index (χ1) is 12.1. The topological polar surface area (TPSA) is 84.1 Å². The lowest BCUT2D eigenvalue weighted by molar-refractivity contribution is -0.116.